The zero-order valence-corrected chi connectivity index (χ0v) is 17.9. The van der Waals surface area contributed by atoms with Crippen molar-refractivity contribution in [2.75, 3.05) is 27.2 Å². The van der Waals surface area contributed by atoms with Crippen molar-refractivity contribution in [2.24, 2.45) is 5.73 Å². The van der Waals surface area contributed by atoms with Gasteiger partial charge in [-0.05, 0) is 55.6 Å². The molecule has 2 aliphatic heterocycles. The summed E-state index contributed by atoms with van der Waals surface area (Å²) in [5.41, 5.74) is 9.10. The van der Waals surface area contributed by atoms with E-state index in [1.807, 2.05) is 55.6 Å². The van der Waals surface area contributed by atoms with E-state index in [1.54, 1.807) is 0 Å². The van der Waals surface area contributed by atoms with E-state index in [1.165, 1.54) is 11.8 Å². The monoisotopic (exact) mass is 381 g/mol. The first-order chi connectivity index (χ1) is 11.9. The summed E-state index contributed by atoms with van der Waals surface area (Å²) in [7, 11) is 4.01. The molecule has 0 saturated carbocycles. The third-order valence-electron chi connectivity index (χ3n) is 4.15. The molecule has 146 valence electrons. The van der Waals surface area contributed by atoms with Crippen molar-refractivity contribution in [3.05, 3.63) is 33.2 Å². The molecule has 0 aliphatic carbocycles. The Bertz CT molecular complexity index is 701. The maximum absolute atomic E-state index is 12.6. The van der Waals surface area contributed by atoms with Gasteiger partial charge in [0.05, 0.1) is 11.4 Å². The second kappa shape index (κ2) is 7.19. The Balaban J connectivity index is 2.35. The van der Waals surface area contributed by atoms with Crippen molar-refractivity contribution in [3.8, 4) is 0 Å². The summed E-state index contributed by atoms with van der Waals surface area (Å²) >= 11 is 1.41. The first kappa shape index (κ1) is 20.7. The van der Waals surface area contributed by atoms with Crippen LogP contribution in [0.5, 0.6) is 0 Å². The van der Waals surface area contributed by atoms with E-state index in [9.17, 15) is 4.79 Å². The molecule has 2 heterocycles. The number of fused-ring (bicyclic) bond motifs is 1. The Morgan fingerprint density at radius 2 is 1.92 bits per heavy atom. The zero-order chi connectivity index (χ0) is 19.9. The molecule has 7 heteroatoms. The Labute approximate surface area is 160 Å². The third-order valence-corrected chi connectivity index (χ3v) is 5.45. The van der Waals surface area contributed by atoms with Crippen molar-refractivity contribution >= 4 is 17.7 Å². The third kappa shape index (κ3) is 4.20. The lowest BCUT2D eigenvalue weighted by atomic mass is 9.93. The van der Waals surface area contributed by atoms with Crippen LogP contribution in [0.3, 0.4) is 0 Å². The molecule has 1 atom stereocenters. The van der Waals surface area contributed by atoms with E-state index in [0.29, 0.717) is 17.2 Å². The largest absolute Gasteiger partial charge is 0.490 e. The molecule has 0 aromatic heterocycles. The number of carbonyl (C=O) groups excluding carboxylic acids is 1. The molecule has 26 heavy (non-hydrogen) atoms. The van der Waals surface area contributed by atoms with Crippen LogP contribution < -0.4 is 11.1 Å². The molecule has 0 radical (unpaired) electrons. The second-order valence-electron chi connectivity index (χ2n) is 8.11. The molecule has 6 nitrogen and oxygen atoms in total. The van der Waals surface area contributed by atoms with Crippen LogP contribution in [0.2, 0.25) is 0 Å². The minimum atomic E-state index is -0.564. The lowest BCUT2D eigenvalue weighted by Gasteiger charge is -2.36. The van der Waals surface area contributed by atoms with Gasteiger partial charge in [0.25, 0.3) is 0 Å². The summed E-state index contributed by atoms with van der Waals surface area (Å²) in [5.74, 6) is 0.416. The minimum absolute atomic E-state index is 0.384. The van der Waals surface area contributed by atoms with Gasteiger partial charge in [-0.1, -0.05) is 11.8 Å². The summed E-state index contributed by atoms with van der Waals surface area (Å²) in [6, 6.07) is 0. The number of thioether (sulfide) groups is 1. The summed E-state index contributed by atoms with van der Waals surface area (Å²) in [6.45, 7) is 13.0. The summed E-state index contributed by atoms with van der Waals surface area (Å²) in [6.07, 6.45) is 0. The van der Waals surface area contributed by atoms with E-state index in [4.69, 9.17) is 15.2 Å². The Morgan fingerprint density at radius 1 is 1.31 bits per heavy atom. The number of rotatable bonds is 5. The maximum Gasteiger partial charge on any atom is 0.347 e. The molecule has 0 saturated heterocycles. The van der Waals surface area contributed by atoms with Gasteiger partial charge in [-0.3, -0.25) is 0 Å². The molecule has 0 aromatic rings. The Hall–Kier alpha value is -1.60. The molecular weight excluding hydrogens is 350 g/mol. The van der Waals surface area contributed by atoms with Gasteiger partial charge in [0.15, 0.2) is 0 Å². The van der Waals surface area contributed by atoms with E-state index in [2.05, 4.69) is 10.2 Å². The van der Waals surface area contributed by atoms with Gasteiger partial charge in [0, 0.05) is 17.7 Å². The lowest BCUT2D eigenvalue weighted by Crippen LogP contribution is -2.43. The number of allylic oxidation sites excluding steroid dienone is 2. The molecule has 0 bridgehead atoms. The maximum atomic E-state index is 12.6. The molecular formula is C19H31N3O3S. The lowest BCUT2D eigenvalue weighted by molar-refractivity contribution is -0.148. The first-order valence-electron chi connectivity index (χ1n) is 8.76. The van der Waals surface area contributed by atoms with E-state index in [0.717, 1.165) is 29.1 Å². The molecule has 0 spiro atoms. The topological polar surface area (TPSA) is 76.8 Å². The highest BCUT2D eigenvalue weighted by atomic mass is 32.2. The average molecular weight is 382 g/mol. The van der Waals surface area contributed by atoms with Gasteiger partial charge in [-0.2, -0.15) is 0 Å². The highest BCUT2D eigenvalue weighted by molar-refractivity contribution is 8.05. The van der Waals surface area contributed by atoms with Gasteiger partial charge < -0.3 is 25.4 Å². The number of nitrogens with two attached hydrogens (primary N) is 1. The number of nitrogens with one attached hydrogen (secondary N) is 1. The second-order valence-corrected chi connectivity index (χ2v) is 9.54. The number of ether oxygens (including phenoxy) is 2. The smallest absolute Gasteiger partial charge is 0.347 e. The number of carbonyl (C=O) groups is 1. The van der Waals surface area contributed by atoms with Crippen LogP contribution in [0.15, 0.2) is 33.2 Å². The predicted molar refractivity (Wildman–Crippen MR) is 106 cm³/mol. The fourth-order valence-electron chi connectivity index (χ4n) is 3.16. The summed E-state index contributed by atoms with van der Waals surface area (Å²) in [4.78, 5) is 14.6. The quantitative estimate of drug-likeness (QED) is 0.709. The summed E-state index contributed by atoms with van der Waals surface area (Å²) < 4.78 is 11.5. The predicted octanol–water partition coefficient (Wildman–Crippen LogP) is 2.69. The van der Waals surface area contributed by atoms with Crippen LogP contribution in [0.25, 0.3) is 0 Å². The van der Waals surface area contributed by atoms with Crippen LogP contribution in [-0.2, 0) is 14.3 Å². The highest BCUT2D eigenvalue weighted by Crippen LogP contribution is 2.51. The number of hydrogen-bond donors (Lipinski definition) is 2. The van der Waals surface area contributed by atoms with Crippen LogP contribution in [-0.4, -0.2) is 48.6 Å². The SMILES string of the molecule is CC1=C(OCCN(C)C)C(C)=C2C(N)=C(C(=O)OC(C)(C)C)SC2(C)N1. The van der Waals surface area contributed by atoms with Crippen molar-refractivity contribution in [1.29, 1.82) is 0 Å². The molecule has 2 aliphatic rings. The number of dihydropyridines is 1. The number of nitrogens with zero attached hydrogens (tertiary/aromatic N) is 1. The van der Waals surface area contributed by atoms with Crippen LogP contribution in [0.1, 0.15) is 41.5 Å². The van der Waals surface area contributed by atoms with Crippen LogP contribution in [0.4, 0.5) is 0 Å². The van der Waals surface area contributed by atoms with E-state index >= 15 is 0 Å². The molecule has 0 aromatic carbocycles. The zero-order valence-electron chi connectivity index (χ0n) is 17.1. The Kier molecular flexibility index (Phi) is 5.73. The minimum Gasteiger partial charge on any atom is -0.490 e. The van der Waals surface area contributed by atoms with Crippen LogP contribution in [0, 0.1) is 0 Å². The molecule has 2 rings (SSSR count). The first-order valence-corrected chi connectivity index (χ1v) is 9.58. The van der Waals surface area contributed by atoms with Gasteiger partial charge in [-0.25, -0.2) is 4.79 Å². The van der Waals surface area contributed by atoms with E-state index < -0.39 is 10.5 Å². The summed E-state index contributed by atoms with van der Waals surface area (Å²) in [5, 5.41) is 3.47. The molecule has 0 fully saturated rings. The van der Waals surface area contributed by atoms with Crippen molar-refractivity contribution in [1.82, 2.24) is 10.2 Å². The van der Waals surface area contributed by atoms with Crippen LogP contribution >= 0.6 is 11.8 Å². The van der Waals surface area contributed by atoms with Gasteiger partial charge >= 0.3 is 5.97 Å². The number of esters is 1. The van der Waals surface area contributed by atoms with Gasteiger partial charge in [-0.15, -0.1) is 0 Å². The average Bonchev–Trinajstić information content (AvgIpc) is 2.72. The van der Waals surface area contributed by atoms with Crippen molar-refractivity contribution in [3.63, 3.8) is 0 Å². The van der Waals surface area contributed by atoms with E-state index in [-0.39, 0.29) is 5.97 Å². The standard InChI is InChI=1S/C19H31N3O3S/c1-11-13-14(20)16(17(23)25-18(3,4)5)26-19(13,6)21-12(2)15(11)24-10-9-22(7)8/h21H,9-10,20H2,1-8H3. The molecule has 1 unspecified atom stereocenters. The normalized spacial score (nSPS) is 23.4. The van der Waals surface area contributed by atoms with Crippen molar-refractivity contribution in [2.45, 2.75) is 52.0 Å². The van der Waals surface area contributed by atoms with Gasteiger partial charge in [0.1, 0.15) is 27.7 Å². The number of hydrogen-bond acceptors (Lipinski definition) is 7. The van der Waals surface area contributed by atoms with Crippen molar-refractivity contribution < 1.29 is 14.3 Å². The highest BCUT2D eigenvalue weighted by Gasteiger charge is 2.47. The molecule has 0 amide bonds. The molecule has 3 N–H and O–H groups in total. The fraction of sp³-hybridized carbons (Fsp3) is 0.632. The van der Waals surface area contributed by atoms with Gasteiger partial charge in [0.2, 0.25) is 0 Å². The number of likely N-dealkylation sites (N-methyl/N-ethyl adjacent to an activating group) is 1. The Morgan fingerprint density at radius 3 is 2.46 bits per heavy atom. The fourth-order valence-corrected chi connectivity index (χ4v) is 4.48.